The van der Waals surface area contributed by atoms with Crippen molar-refractivity contribution in [2.24, 2.45) is 0 Å². The van der Waals surface area contributed by atoms with Crippen molar-refractivity contribution in [3.8, 4) is 5.75 Å². The Morgan fingerprint density at radius 3 is 2.67 bits per heavy atom. The zero-order valence-corrected chi connectivity index (χ0v) is 14.6. The van der Waals surface area contributed by atoms with E-state index in [2.05, 4.69) is 5.32 Å². The number of nitrogens with zero attached hydrogens (tertiary/aromatic N) is 1. The number of ether oxygens (including phenoxy) is 1. The molecule has 4 rings (SSSR count). The highest BCUT2D eigenvalue weighted by atomic mass is 19.4. The van der Waals surface area contributed by atoms with E-state index < -0.39 is 17.3 Å². The van der Waals surface area contributed by atoms with Gasteiger partial charge in [0.15, 0.2) is 0 Å². The third-order valence-corrected chi connectivity index (χ3v) is 5.16. The molecule has 7 heteroatoms. The summed E-state index contributed by atoms with van der Waals surface area (Å²) in [6, 6.07) is 12.7. The third-order valence-electron chi connectivity index (χ3n) is 5.16. The maximum absolute atomic E-state index is 13.2. The van der Waals surface area contributed by atoms with Crippen molar-refractivity contribution in [1.29, 1.82) is 0 Å². The van der Waals surface area contributed by atoms with Gasteiger partial charge in [0.05, 0.1) is 16.7 Å². The van der Waals surface area contributed by atoms with E-state index in [-0.39, 0.29) is 18.0 Å². The van der Waals surface area contributed by atoms with Crippen LogP contribution in [-0.2, 0) is 12.7 Å². The number of carbonyl (C=O) groups is 1. The van der Waals surface area contributed by atoms with Crippen molar-refractivity contribution in [1.82, 2.24) is 10.2 Å². The van der Waals surface area contributed by atoms with Crippen LogP contribution in [0, 0.1) is 0 Å². The standard InChI is InChI=1S/C20H19F3N2O2/c21-20(22,23)16-7-3-1-5-14(16)11-25-10-9-19(12-25)13-27-17-8-4-2-6-15(17)18(26)24-19/h1-8H,9-13H2,(H,24,26). The number of para-hydroxylation sites is 1. The van der Waals surface area contributed by atoms with Gasteiger partial charge in [-0.05, 0) is 30.2 Å². The van der Waals surface area contributed by atoms with Gasteiger partial charge < -0.3 is 10.1 Å². The van der Waals surface area contributed by atoms with Crippen molar-refractivity contribution in [2.75, 3.05) is 19.7 Å². The van der Waals surface area contributed by atoms with Crippen LogP contribution in [0.2, 0.25) is 0 Å². The highest BCUT2D eigenvalue weighted by Crippen LogP contribution is 2.34. The van der Waals surface area contributed by atoms with Crippen LogP contribution >= 0.6 is 0 Å². The number of halogens is 3. The molecule has 0 radical (unpaired) electrons. The molecule has 2 aromatic rings. The first kappa shape index (κ1) is 17.9. The van der Waals surface area contributed by atoms with E-state index in [0.717, 1.165) is 6.07 Å². The van der Waals surface area contributed by atoms with E-state index in [1.807, 2.05) is 4.90 Å². The molecular weight excluding hydrogens is 357 g/mol. The summed E-state index contributed by atoms with van der Waals surface area (Å²) in [5, 5.41) is 3.04. The molecule has 1 N–H and O–H groups in total. The number of rotatable bonds is 2. The third kappa shape index (κ3) is 3.51. The average Bonchev–Trinajstić information content (AvgIpc) is 2.96. The molecule has 1 atom stereocenters. The zero-order valence-electron chi connectivity index (χ0n) is 14.6. The van der Waals surface area contributed by atoms with Crippen molar-refractivity contribution < 1.29 is 22.7 Å². The molecule has 0 aromatic heterocycles. The Balaban J connectivity index is 1.51. The summed E-state index contributed by atoms with van der Waals surface area (Å²) in [6.07, 6.45) is -3.75. The van der Waals surface area contributed by atoms with Crippen molar-refractivity contribution in [3.63, 3.8) is 0 Å². The van der Waals surface area contributed by atoms with E-state index in [9.17, 15) is 18.0 Å². The van der Waals surface area contributed by atoms with E-state index in [1.165, 1.54) is 12.1 Å². The van der Waals surface area contributed by atoms with Gasteiger partial charge in [-0.15, -0.1) is 0 Å². The predicted octanol–water partition coefficient (Wildman–Crippen LogP) is 3.47. The van der Waals surface area contributed by atoms with Crippen LogP contribution in [0.25, 0.3) is 0 Å². The number of benzene rings is 2. The first-order chi connectivity index (χ1) is 12.9. The molecule has 2 aromatic carbocycles. The molecule has 27 heavy (non-hydrogen) atoms. The molecule has 2 heterocycles. The van der Waals surface area contributed by atoms with Crippen LogP contribution in [0.15, 0.2) is 48.5 Å². The fraction of sp³-hybridized carbons (Fsp3) is 0.350. The van der Waals surface area contributed by atoms with Gasteiger partial charge >= 0.3 is 6.18 Å². The Labute approximate surface area is 154 Å². The van der Waals surface area contributed by atoms with E-state index in [4.69, 9.17) is 4.74 Å². The first-order valence-electron chi connectivity index (χ1n) is 8.78. The number of hydrogen-bond acceptors (Lipinski definition) is 3. The number of likely N-dealkylation sites (tertiary alicyclic amines) is 1. The Morgan fingerprint density at radius 1 is 1.11 bits per heavy atom. The largest absolute Gasteiger partial charge is 0.490 e. The lowest BCUT2D eigenvalue weighted by molar-refractivity contribution is -0.138. The van der Waals surface area contributed by atoms with Gasteiger partial charge in [0.2, 0.25) is 0 Å². The molecule has 1 fully saturated rings. The number of nitrogens with one attached hydrogen (secondary N) is 1. The number of amides is 1. The van der Waals surface area contributed by atoms with E-state index in [0.29, 0.717) is 37.4 Å². The molecule has 142 valence electrons. The summed E-state index contributed by atoms with van der Waals surface area (Å²) in [5.41, 5.74) is -0.482. The van der Waals surface area contributed by atoms with Gasteiger partial charge in [0.1, 0.15) is 12.4 Å². The van der Waals surface area contributed by atoms with Crippen LogP contribution in [0.4, 0.5) is 13.2 Å². The zero-order chi connectivity index (χ0) is 19.1. The summed E-state index contributed by atoms with van der Waals surface area (Å²) in [7, 11) is 0. The molecule has 0 bridgehead atoms. The quantitative estimate of drug-likeness (QED) is 0.873. The normalized spacial score (nSPS) is 22.9. The topological polar surface area (TPSA) is 41.6 Å². The summed E-state index contributed by atoms with van der Waals surface area (Å²) in [5.74, 6) is 0.327. The molecule has 0 aliphatic carbocycles. The number of hydrogen-bond donors (Lipinski definition) is 1. The second-order valence-corrected chi connectivity index (χ2v) is 7.13. The Kier molecular flexibility index (Phi) is 4.34. The second-order valence-electron chi connectivity index (χ2n) is 7.13. The molecule has 1 amide bonds. The lowest BCUT2D eigenvalue weighted by atomic mass is 9.99. The average molecular weight is 376 g/mol. The Hall–Kier alpha value is -2.54. The minimum atomic E-state index is -4.38. The maximum atomic E-state index is 13.2. The molecule has 1 unspecified atom stereocenters. The first-order valence-corrected chi connectivity index (χ1v) is 8.78. The van der Waals surface area contributed by atoms with Gasteiger partial charge in [0, 0.05) is 19.6 Å². The summed E-state index contributed by atoms with van der Waals surface area (Å²) in [6.45, 7) is 1.51. The minimum Gasteiger partial charge on any atom is -0.490 e. The molecule has 1 spiro atoms. The fourth-order valence-electron chi connectivity index (χ4n) is 3.83. The van der Waals surface area contributed by atoms with Crippen LogP contribution < -0.4 is 10.1 Å². The molecule has 1 saturated heterocycles. The fourth-order valence-corrected chi connectivity index (χ4v) is 3.83. The molecular formula is C20H19F3N2O2. The number of alkyl halides is 3. The number of fused-ring (bicyclic) bond motifs is 1. The van der Waals surface area contributed by atoms with E-state index >= 15 is 0 Å². The highest BCUT2D eigenvalue weighted by molar-refractivity contribution is 5.97. The number of carbonyl (C=O) groups excluding carboxylic acids is 1. The smallest absolute Gasteiger partial charge is 0.416 e. The molecule has 0 saturated carbocycles. The lowest BCUT2D eigenvalue weighted by Gasteiger charge is -2.28. The Bertz CT molecular complexity index is 868. The maximum Gasteiger partial charge on any atom is 0.416 e. The van der Waals surface area contributed by atoms with Crippen molar-refractivity contribution in [3.05, 3.63) is 65.2 Å². The van der Waals surface area contributed by atoms with Gasteiger partial charge in [-0.1, -0.05) is 30.3 Å². The second kappa shape index (κ2) is 6.56. The molecule has 2 aliphatic heterocycles. The summed E-state index contributed by atoms with van der Waals surface area (Å²) < 4.78 is 45.5. The molecule has 4 nitrogen and oxygen atoms in total. The van der Waals surface area contributed by atoms with Crippen LogP contribution in [0.1, 0.15) is 27.9 Å². The van der Waals surface area contributed by atoms with Crippen molar-refractivity contribution >= 4 is 5.91 Å². The molecule has 2 aliphatic rings. The Morgan fingerprint density at radius 2 is 1.85 bits per heavy atom. The summed E-state index contributed by atoms with van der Waals surface area (Å²) >= 11 is 0. The van der Waals surface area contributed by atoms with Crippen LogP contribution in [-0.4, -0.2) is 36.0 Å². The van der Waals surface area contributed by atoms with Gasteiger partial charge in [-0.25, -0.2) is 0 Å². The van der Waals surface area contributed by atoms with Crippen LogP contribution in [0.3, 0.4) is 0 Å². The van der Waals surface area contributed by atoms with Gasteiger partial charge in [0.25, 0.3) is 5.91 Å². The van der Waals surface area contributed by atoms with Gasteiger partial charge in [-0.2, -0.15) is 13.2 Å². The van der Waals surface area contributed by atoms with Crippen molar-refractivity contribution in [2.45, 2.75) is 24.7 Å². The lowest BCUT2D eigenvalue weighted by Crippen LogP contribution is -2.53. The minimum absolute atomic E-state index is 0.181. The monoisotopic (exact) mass is 376 g/mol. The van der Waals surface area contributed by atoms with Crippen LogP contribution in [0.5, 0.6) is 5.75 Å². The summed E-state index contributed by atoms with van der Waals surface area (Å²) in [4.78, 5) is 14.5. The van der Waals surface area contributed by atoms with E-state index in [1.54, 1.807) is 30.3 Å². The highest BCUT2D eigenvalue weighted by Gasteiger charge is 2.43. The SMILES string of the molecule is O=C1NC2(CCN(Cc3ccccc3C(F)(F)F)C2)COc2ccccc21. The van der Waals surface area contributed by atoms with Gasteiger partial charge in [-0.3, -0.25) is 9.69 Å². The predicted molar refractivity (Wildman–Crippen MR) is 93.5 cm³/mol.